The Morgan fingerprint density at radius 2 is 1.62 bits per heavy atom. The van der Waals surface area contributed by atoms with Crippen LogP contribution in [0.4, 0.5) is 4.79 Å². The predicted octanol–water partition coefficient (Wildman–Crippen LogP) is 4.17. The topological polar surface area (TPSA) is 149 Å². The van der Waals surface area contributed by atoms with E-state index in [4.69, 9.17) is 9.84 Å². The fourth-order valence-electron chi connectivity index (χ4n) is 4.42. The Labute approximate surface area is 242 Å². The smallest absolute Gasteiger partial charge is 0.410 e. The molecule has 40 heavy (non-hydrogen) atoms. The molecule has 12 heteroatoms. The lowest BCUT2D eigenvalue weighted by atomic mass is 9.92. The summed E-state index contributed by atoms with van der Waals surface area (Å²) in [5.41, 5.74) is -0.869. The van der Waals surface area contributed by atoms with Gasteiger partial charge in [-0.2, -0.15) is 0 Å². The number of nitrogens with one attached hydrogen (secondary N) is 1. The van der Waals surface area contributed by atoms with Crippen molar-refractivity contribution in [3.05, 3.63) is 16.1 Å². The van der Waals surface area contributed by atoms with Gasteiger partial charge in [-0.3, -0.25) is 14.5 Å². The first-order chi connectivity index (χ1) is 18.3. The second-order valence-electron chi connectivity index (χ2n) is 12.0. The van der Waals surface area contributed by atoms with E-state index in [1.54, 1.807) is 32.7 Å². The molecule has 0 aromatic carbocycles. The molecule has 0 radical (unpaired) electrons. The van der Waals surface area contributed by atoms with Gasteiger partial charge < -0.3 is 25.2 Å². The third-order valence-corrected chi connectivity index (χ3v) is 7.83. The molecule has 0 aliphatic carbocycles. The molecule has 0 aliphatic heterocycles. The summed E-state index contributed by atoms with van der Waals surface area (Å²) in [4.78, 5) is 58.1. The molecule has 1 heterocycles. The molecule has 1 rings (SSSR count). The second-order valence-corrected chi connectivity index (χ2v) is 12.9. The van der Waals surface area contributed by atoms with Crippen molar-refractivity contribution < 1.29 is 34.1 Å². The number of hydrogen-bond acceptors (Lipinski definition) is 8. The number of carbonyl (C=O) groups excluding carboxylic acids is 3. The summed E-state index contributed by atoms with van der Waals surface area (Å²) < 4.78 is 5.46. The molecule has 0 bridgehead atoms. The fourth-order valence-corrected chi connectivity index (χ4v) is 5.21. The van der Waals surface area contributed by atoms with Crippen LogP contribution in [0.15, 0.2) is 5.38 Å². The Hall–Kier alpha value is -2.73. The summed E-state index contributed by atoms with van der Waals surface area (Å²) in [5.74, 6) is -2.48. The molecule has 3 amide bonds. The van der Waals surface area contributed by atoms with Crippen LogP contribution in [-0.4, -0.2) is 86.7 Å². The monoisotopic (exact) mass is 584 g/mol. The summed E-state index contributed by atoms with van der Waals surface area (Å²) in [5, 5.41) is 24.5. The van der Waals surface area contributed by atoms with Crippen molar-refractivity contribution in [2.75, 3.05) is 14.1 Å². The van der Waals surface area contributed by atoms with Crippen LogP contribution in [-0.2, 0) is 14.3 Å². The summed E-state index contributed by atoms with van der Waals surface area (Å²) in [6, 6.07) is -2.16. The number of amides is 3. The van der Waals surface area contributed by atoms with E-state index in [2.05, 4.69) is 10.3 Å². The van der Waals surface area contributed by atoms with E-state index in [1.807, 2.05) is 41.5 Å². The van der Waals surface area contributed by atoms with E-state index in [0.29, 0.717) is 6.42 Å². The Kier molecular flexibility index (Phi) is 13.0. The number of nitrogens with zero attached hydrogens (tertiary/aromatic N) is 3. The molecular weight excluding hydrogens is 536 g/mol. The Bertz CT molecular complexity index is 1020. The van der Waals surface area contributed by atoms with Crippen molar-refractivity contribution in [2.24, 2.45) is 17.8 Å². The number of carbonyl (C=O) groups is 4. The maximum Gasteiger partial charge on any atom is 0.410 e. The van der Waals surface area contributed by atoms with Gasteiger partial charge in [-0.05, 0) is 38.5 Å². The average molecular weight is 585 g/mol. The molecule has 3 N–H and O–H groups in total. The number of rotatable bonds is 13. The maximum atomic E-state index is 13.9. The van der Waals surface area contributed by atoms with Gasteiger partial charge in [0.25, 0.3) is 0 Å². The Balaban J connectivity index is 3.19. The van der Waals surface area contributed by atoms with E-state index >= 15 is 0 Å². The summed E-state index contributed by atoms with van der Waals surface area (Å²) in [6.45, 7) is 16.5. The molecule has 1 unspecified atom stereocenters. The standard InChI is InChI=1S/C28H48N4O7S/c1-12-17(6)21(30-23(34)22(16(4)5)32(11)27(38)39-28(7,8)9)25(35)31(10)19(15(2)3)13-20(33)24-29-18(14-40-24)26(36)37/h14-17,19-22,33H,12-13H2,1-11H3,(H,30,34)(H,36,37)/t17?,19-,20-,21+,22-/m1/s1. The minimum absolute atomic E-state index is 0.0579. The number of likely N-dealkylation sites (N-methyl/N-ethyl adjacent to an activating group) is 2. The SMILES string of the molecule is CCC(C)[C@H](NC(=O)[C@@H](C(C)C)N(C)C(=O)OC(C)(C)C)C(=O)N(C)[C@H](C[C@@H](O)c1nc(C(=O)O)cs1)C(C)C. The number of aliphatic hydroxyl groups is 1. The molecule has 11 nitrogen and oxygen atoms in total. The van der Waals surface area contributed by atoms with Gasteiger partial charge >= 0.3 is 12.1 Å². The van der Waals surface area contributed by atoms with Crippen molar-refractivity contribution in [1.82, 2.24) is 20.1 Å². The molecular formula is C28H48N4O7S. The Morgan fingerprint density at radius 1 is 1.05 bits per heavy atom. The zero-order chi connectivity index (χ0) is 31.1. The Morgan fingerprint density at radius 3 is 2.05 bits per heavy atom. The highest BCUT2D eigenvalue weighted by molar-refractivity contribution is 7.09. The van der Waals surface area contributed by atoms with Crippen LogP contribution in [0.25, 0.3) is 0 Å². The van der Waals surface area contributed by atoms with Gasteiger partial charge in [0, 0.05) is 31.9 Å². The van der Waals surface area contributed by atoms with E-state index in [0.717, 1.165) is 11.3 Å². The van der Waals surface area contributed by atoms with Gasteiger partial charge in [0.05, 0.1) is 0 Å². The summed E-state index contributed by atoms with van der Waals surface area (Å²) in [6.07, 6.45) is -0.939. The third kappa shape index (κ3) is 9.72. The molecule has 0 fully saturated rings. The number of hydrogen-bond donors (Lipinski definition) is 3. The van der Waals surface area contributed by atoms with E-state index in [1.165, 1.54) is 17.3 Å². The van der Waals surface area contributed by atoms with E-state index in [-0.39, 0.29) is 40.8 Å². The molecule has 0 aliphatic rings. The van der Waals surface area contributed by atoms with Crippen molar-refractivity contribution >= 4 is 35.2 Å². The largest absolute Gasteiger partial charge is 0.476 e. The lowest BCUT2D eigenvalue weighted by Gasteiger charge is -2.38. The lowest BCUT2D eigenvalue weighted by molar-refractivity contribution is -0.141. The van der Waals surface area contributed by atoms with E-state index < -0.39 is 47.8 Å². The minimum Gasteiger partial charge on any atom is -0.476 e. The van der Waals surface area contributed by atoms with Crippen LogP contribution in [0.2, 0.25) is 0 Å². The lowest BCUT2D eigenvalue weighted by Crippen LogP contribution is -2.59. The molecule has 0 saturated heterocycles. The number of carboxylic acids is 1. The number of aromatic nitrogens is 1. The molecule has 228 valence electrons. The highest BCUT2D eigenvalue weighted by Crippen LogP contribution is 2.28. The van der Waals surface area contributed by atoms with Crippen LogP contribution >= 0.6 is 11.3 Å². The van der Waals surface area contributed by atoms with Crippen LogP contribution < -0.4 is 5.32 Å². The summed E-state index contributed by atoms with van der Waals surface area (Å²) >= 11 is 1.05. The average Bonchev–Trinajstić information content (AvgIpc) is 3.34. The molecule has 5 atom stereocenters. The van der Waals surface area contributed by atoms with Gasteiger partial charge in [0.2, 0.25) is 11.8 Å². The zero-order valence-electron chi connectivity index (χ0n) is 25.7. The van der Waals surface area contributed by atoms with Crippen LogP contribution in [0, 0.1) is 17.8 Å². The van der Waals surface area contributed by atoms with Crippen LogP contribution in [0.1, 0.15) is 96.8 Å². The third-order valence-electron chi connectivity index (χ3n) is 6.88. The van der Waals surface area contributed by atoms with Crippen molar-refractivity contribution in [2.45, 2.75) is 105 Å². The fraction of sp³-hybridized carbons (Fsp3) is 0.750. The van der Waals surface area contributed by atoms with Crippen LogP contribution in [0.3, 0.4) is 0 Å². The zero-order valence-corrected chi connectivity index (χ0v) is 26.5. The molecule has 0 saturated carbocycles. The normalized spacial score (nSPS) is 15.7. The first kappa shape index (κ1) is 35.3. The second kappa shape index (κ2) is 14.8. The number of ether oxygens (including phenoxy) is 1. The number of thiazole rings is 1. The first-order valence-corrected chi connectivity index (χ1v) is 14.6. The molecule has 1 aromatic rings. The maximum absolute atomic E-state index is 13.9. The van der Waals surface area contributed by atoms with Crippen molar-refractivity contribution in [1.29, 1.82) is 0 Å². The van der Waals surface area contributed by atoms with Gasteiger partial charge in [-0.15, -0.1) is 11.3 Å². The predicted molar refractivity (Wildman–Crippen MR) is 154 cm³/mol. The van der Waals surface area contributed by atoms with Crippen molar-refractivity contribution in [3.63, 3.8) is 0 Å². The highest BCUT2D eigenvalue weighted by Gasteiger charge is 2.38. The van der Waals surface area contributed by atoms with Gasteiger partial charge in [-0.25, -0.2) is 14.6 Å². The number of aromatic carboxylic acids is 1. The number of carboxylic acid groups (broad SMARTS) is 1. The van der Waals surface area contributed by atoms with E-state index in [9.17, 15) is 24.3 Å². The quantitative estimate of drug-likeness (QED) is 0.313. The first-order valence-electron chi connectivity index (χ1n) is 13.7. The molecule has 1 aromatic heterocycles. The van der Waals surface area contributed by atoms with Crippen LogP contribution in [0.5, 0.6) is 0 Å². The summed E-state index contributed by atoms with van der Waals surface area (Å²) in [7, 11) is 3.15. The van der Waals surface area contributed by atoms with Gasteiger partial charge in [0.15, 0.2) is 5.69 Å². The highest BCUT2D eigenvalue weighted by atomic mass is 32.1. The minimum atomic E-state index is -1.17. The number of aliphatic hydroxyl groups excluding tert-OH is 1. The van der Waals surface area contributed by atoms with Gasteiger partial charge in [0.1, 0.15) is 28.8 Å². The van der Waals surface area contributed by atoms with Gasteiger partial charge in [-0.1, -0.05) is 48.0 Å². The molecule has 0 spiro atoms. The van der Waals surface area contributed by atoms with Crippen molar-refractivity contribution in [3.8, 4) is 0 Å².